The van der Waals surface area contributed by atoms with Crippen LogP contribution in [0.3, 0.4) is 0 Å². The average Bonchev–Trinajstić information content (AvgIpc) is 3.16. The third kappa shape index (κ3) is 7.88. The first-order chi connectivity index (χ1) is 16.9. The third-order valence-corrected chi connectivity index (χ3v) is 5.33. The summed E-state index contributed by atoms with van der Waals surface area (Å²) >= 11 is 0. The zero-order valence-electron chi connectivity index (χ0n) is 20.5. The number of hydrogen-bond acceptors (Lipinski definition) is 9. The standard InChI is InChI=1S/C24H33N3O8/c1-16-19(11-28)21(6-5-20(16)34-14-17(12-32-3)13-33-4)35-15-18(9-26-22(29)10-25-2)27-23(30)7-8-24(27)31/h5-8,11,17-18,25H,9-10,12-15H2,1-4H3,(H,26,29). The fraction of sp³-hybridized carbons (Fsp3) is 0.500. The lowest BCUT2D eigenvalue weighted by atomic mass is 10.1. The van der Waals surface area contributed by atoms with Gasteiger partial charge in [-0.2, -0.15) is 0 Å². The van der Waals surface area contributed by atoms with Crippen molar-refractivity contribution >= 4 is 24.0 Å². The Kier molecular flexibility index (Phi) is 11.3. The molecule has 1 aromatic rings. The molecule has 11 nitrogen and oxygen atoms in total. The van der Waals surface area contributed by atoms with Gasteiger partial charge in [0.2, 0.25) is 5.91 Å². The molecule has 0 saturated carbocycles. The van der Waals surface area contributed by atoms with E-state index in [1.54, 1.807) is 40.3 Å². The molecule has 0 aliphatic carbocycles. The minimum Gasteiger partial charge on any atom is -0.493 e. The van der Waals surface area contributed by atoms with E-state index in [1.165, 1.54) is 0 Å². The van der Waals surface area contributed by atoms with Crippen molar-refractivity contribution < 1.29 is 38.1 Å². The predicted molar refractivity (Wildman–Crippen MR) is 127 cm³/mol. The van der Waals surface area contributed by atoms with Crippen LogP contribution >= 0.6 is 0 Å². The molecule has 1 heterocycles. The Labute approximate surface area is 204 Å². The maximum absolute atomic E-state index is 12.2. The number of amides is 3. The maximum Gasteiger partial charge on any atom is 0.254 e. The number of aldehydes is 1. The van der Waals surface area contributed by atoms with E-state index in [-0.39, 0.29) is 42.8 Å². The van der Waals surface area contributed by atoms with Crippen molar-refractivity contribution in [3.63, 3.8) is 0 Å². The van der Waals surface area contributed by atoms with Gasteiger partial charge in [-0.15, -0.1) is 0 Å². The number of nitrogens with zero attached hydrogens (tertiary/aromatic N) is 1. The zero-order chi connectivity index (χ0) is 25.8. The van der Waals surface area contributed by atoms with E-state index in [2.05, 4.69) is 10.6 Å². The Balaban J connectivity index is 2.14. The quantitative estimate of drug-likeness (QED) is 0.244. The molecule has 35 heavy (non-hydrogen) atoms. The third-order valence-electron chi connectivity index (χ3n) is 5.33. The number of methoxy groups -OCH3 is 2. The maximum atomic E-state index is 12.2. The molecule has 192 valence electrons. The number of carbonyl (C=O) groups excluding carboxylic acids is 4. The van der Waals surface area contributed by atoms with E-state index in [9.17, 15) is 19.2 Å². The van der Waals surface area contributed by atoms with E-state index in [1.807, 2.05) is 0 Å². The lowest BCUT2D eigenvalue weighted by Gasteiger charge is -2.27. The summed E-state index contributed by atoms with van der Waals surface area (Å²) in [5.41, 5.74) is 0.868. The second-order valence-electron chi connectivity index (χ2n) is 7.99. The molecule has 1 unspecified atom stereocenters. The Morgan fingerprint density at radius 2 is 1.60 bits per heavy atom. The summed E-state index contributed by atoms with van der Waals surface area (Å²) in [4.78, 5) is 49.2. The summed E-state index contributed by atoms with van der Waals surface area (Å²) < 4.78 is 22.1. The van der Waals surface area contributed by atoms with Crippen LogP contribution < -0.4 is 20.1 Å². The Hall–Kier alpha value is -3.28. The van der Waals surface area contributed by atoms with Gasteiger partial charge in [-0.3, -0.25) is 24.1 Å². The highest BCUT2D eigenvalue weighted by molar-refractivity contribution is 6.13. The largest absolute Gasteiger partial charge is 0.493 e. The molecule has 1 aliphatic rings. The van der Waals surface area contributed by atoms with Crippen LogP contribution in [0.25, 0.3) is 0 Å². The molecular weight excluding hydrogens is 458 g/mol. The minimum atomic E-state index is -0.773. The van der Waals surface area contributed by atoms with Gasteiger partial charge in [0.05, 0.1) is 38.0 Å². The monoisotopic (exact) mass is 491 g/mol. The van der Waals surface area contributed by atoms with E-state index in [4.69, 9.17) is 18.9 Å². The van der Waals surface area contributed by atoms with Crippen molar-refractivity contribution in [2.75, 3.05) is 60.8 Å². The van der Waals surface area contributed by atoms with Gasteiger partial charge in [0, 0.05) is 44.4 Å². The van der Waals surface area contributed by atoms with E-state index in [0.717, 1.165) is 17.1 Å². The molecule has 0 bridgehead atoms. The smallest absolute Gasteiger partial charge is 0.254 e. The molecule has 1 aromatic carbocycles. The van der Waals surface area contributed by atoms with Crippen molar-refractivity contribution in [2.45, 2.75) is 13.0 Å². The van der Waals surface area contributed by atoms with E-state index in [0.29, 0.717) is 37.4 Å². The number of rotatable bonds is 16. The lowest BCUT2D eigenvalue weighted by molar-refractivity contribution is -0.140. The highest BCUT2D eigenvalue weighted by Crippen LogP contribution is 2.29. The van der Waals surface area contributed by atoms with E-state index < -0.39 is 17.9 Å². The van der Waals surface area contributed by atoms with Gasteiger partial charge in [-0.05, 0) is 26.1 Å². The van der Waals surface area contributed by atoms with E-state index >= 15 is 0 Å². The topological polar surface area (TPSA) is 132 Å². The summed E-state index contributed by atoms with van der Waals surface area (Å²) in [5.74, 6) is -0.485. The number of ether oxygens (including phenoxy) is 4. The number of benzene rings is 1. The first-order valence-electron chi connectivity index (χ1n) is 11.1. The van der Waals surface area contributed by atoms with Crippen molar-refractivity contribution in [1.82, 2.24) is 15.5 Å². The summed E-state index contributed by atoms with van der Waals surface area (Å²) in [5, 5.41) is 5.40. The first-order valence-corrected chi connectivity index (χ1v) is 11.1. The summed E-state index contributed by atoms with van der Waals surface area (Å²) in [6.45, 7) is 2.95. The number of hydrogen-bond donors (Lipinski definition) is 2. The Morgan fingerprint density at radius 3 is 2.17 bits per heavy atom. The Morgan fingerprint density at radius 1 is 1.00 bits per heavy atom. The lowest BCUT2D eigenvalue weighted by Crippen LogP contribution is -2.50. The van der Waals surface area contributed by atoms with Gasteiger partial charge in [0.15, 0.2) is 6.29 Å². The number of nitrogens with one attached hydrogen (secondary N) is 2. The highest BCUT2D eigenvalue weighted by Gasteiger charge is 2.32. The molecule has 1 aliphatic heterocycles. The summed E-state index contributed by atoms with van der Waals surface area (Å²) in [7, 11) is 4.83. The average molecular weight is 492 g/mol. The van der Waals surface area contributed by atoms with Crippen molar-refractivity contribution in [3.8, 4) is 11.5 Å². The second kappa shape index (κ2) is 14.2. The molecule has 2 rings (SSSR count). The fourth-order valence-corrected chi connectivity index (χ4v) is 3.57. The summed E-state index contributed by atoms with van der Waals surface area (Å²) in [6, 6.07) is 2.51. The van der Waals surface area contributed by atoms with Gasteiger partial charge >= 0.3 is 0 Å². The predicted octanol–water partition coefficient (Wildman–Crippen LogP) is 0.103. The first kappa shape index (κ1) is 28.0. The molecule has 0 aromatic heterocycles. The SMILES string of the molecule is CNCC(=O)NCC(COc1ccc(OCC(COC)COC)c(C)c1C=O)N1C(=O)C=CC1=O. The number of likely N-dealkylation sites (N-methyl/N-ethyl adjacent to an activating group) is 1. The van der Waals surface area contributed by atoms with Gasteiger partial charge in [0.25, 0.3) is 11.8 Å². The molecular formula is C24H33N3O8. The van der Waals surface area contributed by atoms with Crippen LogP contribution in [0.15, 0.2) is 24.3 Å². The molecule has 3 amide bonds. The van der Waals surface area contributed by atoms with Crippen molar-refractivity contribution in [3.05, 3.63) is 35.4 Å². The van der Waals surface area contributed by atoms with Crippen molar-refractivity contribution in [2.24, 2.45) is 5.92 Å². The van der Waals surface area contributed by atoms with Crippen LogP contribution in [0.5, 0.6) is 11.5 Å². The molecule has 0 saturated heterocycles. The van der Waals surface area contributed by atoms with Crippen LogP contribution in [0.1, 0.15) is 15.9 Å². The van der Waals surface area contributed by atoms with Crippen LogP contribution in [-0.2, 0) is 23.9 Å². The van der Waals surface area contributed by atoms with Crippen molar-refractivity contribution in [1.29, 1.82) is 0 Å². The van der Waals surface area contributed by atoms with Crippen LogP contribution in [0.2, 0.25) is 0 Å². The van der Waals surface area contributed by atoms with Crippen LogP contribution in [0.4, 0.5) is 0 Å². The van der Waals surface area contributed by atoms with Gasteiger partial charge in [0.1, 0.15) is 18.1 Å². The fourth-order valence-electron chi connectivity index (χ4n) is 3.57. The minimum absolute atomic E-state index is 0.00331. The zero-order valence-corrected chi connectivity index (χ0v) is 20.5. The molecule has 0 fully saturated rings. The number of imide groups is 1. The molecule has 1 atom stereocenters. The van der Waals surface area contributed by atoms with Gasteiger partial charge in [-0.1, -0.05) is 0 Å². The van der Waals surface area contributed by atoms with Crippen LogP contribution in [0, 0.1) is 12.8 Å². The van der Waals surface area contributed by atoms with Crippen LogP contribution in [-0.4, -0.2) is 95.7 Å². The molecule has 11 heteroatoms. The second-order valence-corrected chi connectivity index (χ2v) is 7.99. The molecule has 0 radical (unpaired) electrons. The summed E-state index contributed by atoms with van der Waals surface area (Å²) in [6.07, 6.45) is 2.99. The molecule has 0 spiro atoms. The van der Waals surface area contributed by atoms with Gasteiger partial charge < -0.3 is 29.6 Å². The normalized spacial score (nSPS) is 13.9. The van der Waals surface area contributed by atoms with Gasteiger partial charge in [-0.25, -0.2) is 0 Å². The number of carbonyl (C=O) groups is 4. The molecule has 2 N–H and O–H groups in total. The highest BCUT2D eigenvalue weighted by atomic mass is 16.5. The Bertz CT molecular complexity index is 910.